The highest BCUT2D eigenvalue weighted by molar-refractivity contribution is 14.0. The summed E-state index contributed by atoms with van der Waals surface area (Å²) in [5.41, 5.74) is 0. The van der Waals surface area contributed by atoms with E-state index in [1.807, 2.05) is 24.8 Å². The second kappa shape index (κ2) is 10.6. The number of aliphatic imine (C=N–C) groups is 1. The normalized spacial score (nSPS) is 16.0. The number of hydrogen-bond acceptors (Lipinski definition) is 4. The van der Waals surface area contributed by atoms with E-state index in [0.29, 0.717) is 12.5 Å². The second-order valence-corrected chi connectivity index (χ2v) is 9.97. The first-order valence-corrected chi connectivity index (χ1v) is 11.1. The van der Waals surface area contributed by atoms with E-state index < -0.39 is 9.84 Å². The van der Waals surface area contributed by atoms with Crippen LogP contribution < -0.4 is 10.6 Å². The molecule has 8 heteroatoms. The molecule has 0 amide bonds. The lowest BCUT2D eigenvalue weighted by Gasteiger charge is -2.15. The van der Waals surface area contributed by atoms with E-state index in [4.69, 9.17) is 0 Å². The van der Waals surface area contributed by atoms with E-state index in [2.05, 4.69) is 39.9 Å². The Morgan fingerprint density at radius 3 is 2.44 bits per heavy atom. The van der Waals surface area contributed by atoms with Gasteiger partial charge in [-0.05, 0) is 31.9 Å². The summed E-state index contributed by atoms with van der Waals surface area (Å²) in [5.74, 6) is 1.01. The molecule has 2 rings (SSSR count). The molecule has 0 atom stereocenters. The third kappa shape index (κ3) is 8.17. The fraction of sp³-hybridized carbons (Fsp3) is 0.588. The van der Waals surface area contributed by atoms with Crippen LogP contribution >= 0.6 is 35.7 Å². The minimum Gasteiger partial charge on any atom is -0.357 e. The predicted octanol–water partition coefficient (Wildman–Crippen LogP) is 2.92. The Kier molecular flexibility index (Phi) is 9.58. The Morgan fingerprint density at radius 2 is 1.88 bits per heavy atom. The average molecular weight is 497 g/mol. The van der Waals surface area contributed by atoms with Crippen molar-refractivity contribution < 1.29 is 8.42 Å². The molecule has 0 bridgehead atoms. The third-order valence-electron chi connectivity index (χ3n) is 3.90. The number of hydrogen-bond donors (Lipinski definition) is 2. The Hall–Kier alpha value is -0.480. The van der Waals surface area contributed by atoms with Crippen molar-refractivity contribution in [1.82, 2.24) is 10.6 Å². The van der Waals surface area contributed by atoms with Gasteiger partial charge in [0.1, 0.15) is 0 Å². The molecule has 0 radical (unpaired) electrons. The van der Waals surface area contributed by atoms with Crippen LogP contribution in [0.4, 0.5) is 0 Å². The molecular weight excluding hydrogens is 469 g/mol. The van der Waals surface area contributed by atoms with Gasteiger partial charge in [-0.25, -0.2) is 8.42 Å². The molecule has 1 saturated carbocycles. The molecule has 0 saturated heterocycles. The Morgan fingerprint density at radius 1 is 1.20 bits per heavy atom. The highest BCUT2D eigenvalue weighted by atomic mass is 127. The lowest BCUT2D eigenvalue weighted by Crippen LogP contribution is -2.40. The van der Waals surface area contributed by atoms with Crippen molar-refractivity contribution in [1.29, 1.82) is 0 Å². The molecule has 0 heterocycles. The highest BCUT2D eigenvalue weighted by Gasteiger charge is 2.43. The highest BCUT2D eigenvalue weighted by Crippen LogP contribution is 2.51. The molecule has 25 heavy (non-hydrogen) atoms. The fourth-order valence-electron chi connectivity index (χ4n) is 2.20. The summed E-state index contributed by atoms with van der Waals surface area (Å²) >= 11 is 1.89. The molecule has 1 aromatic rings. The van der Waals surface area contributed by atoms with Crippen LogP contribution in [0.3, 0.4) is 0 Å². The predicted molar refractivity (Wildman–Crippen MR) is 118 cm³/mol. The van der Waals surface area contributed by atoms with E-state index in [9.17, 15) is 8.42 Å². The SMILES string of the molecule is CCNC(=NCC1(Sc2ccccc2)CC1)NCCS(=O)(=O)CC.I. The molecule has 0 aliphatic heterocycles. The van der Waals surface area contributed by atoms with E-state index in [-0.39, 0.29) is 40.2 Å². The van der Waals surface area contributed by atoms with Crippen molar-refractivity contribution >= 4 is 51.5 Å². The first-order chi connectivity index (χ1) is 11.5. The number of nitrogens with one attached hydrogen (secondary N) is 2. The lowest BCUT2D eigenvalue weighted by atomic mass is 10.4. The van der Waals surface area contributed by atoms with Crippen LogP contribution in [-0.4, -0.2) is 50.3 Å². The molecule has 1 aliphatic rings. The Bertz CT molecular complexity index is 647. The fourth-order valence-corrected chi connectivity index (χ4v) is 4.13. The molecule has 0 unspecified atom stereocenters. The van der Waals surface area contributed by atoms with Gasteiger partial charge in [0.15, 0.2) is 15.8 Å². The molecule has 0 spiro atoms. The summed E-state index contributed by atoms with van der Waals surface area (Å²) in [7, 11) is -2.95. The van der Waals surface area contributed by atoms with Gasteiger partial charge in [-0.3, -0.25) is 4.99 Å². The number of thioether (sulfide) groups is 1. The minimum absolute atomic E-state index is 0. The number of sulfone groups is 1. The standard InChI is InChI=1S/C17H27N3O2S2.HI/c1-3-18-16(19-12-13-24(21,22)4-2)20-14-17(10-11-17)23-15-8-6-5-7-9-15;/h5-9H,3-4,10-14H2,1-2H3,(H2,18,19,20);1H. The van der Waals surface area contributed by atoms with Gasteiger partial charge in [0.05, 0.1) is 12.3 Å². The summed E-state index contributed by atoms with van der Waals surface area (Å²) in [6, 6.07) is 10.4. The van der Waals surface area contributed by atoms with Crippen molar-refractivity contribution in [2.24, 2.45) is 4.99 Å². The summed E-state index contributed by atoms with van der Waals surface area (Å²) in [5, 5.41) is 6.31. The Balaban J connectivity index is 0.00000312. The van der Waals surface area contributed by atoms with Crippen LogP contribution in [0.15, 0.2) is 40.2 Å². The molecule has 5 nitrogen and oxygen atoms in total. The van der Waals surface area contributed by atoms with Crippen LogP contribution in [0.25, 0.3) is 0 Å². The first-order valence-electron chi connectivity index (χ1n) is 8.45. The Labute approximate surface area is 172 Å². The monoisotopic (exact) mass is 497 g/mol. The van der Waals surface area contributed by atoms with E-state index >= 15 is 0 Å². The number of halogens is 1. The van der Waals surface area contributed by atoms with E-state index in [1.165, 1.54) is 17.7 Å². The van der Waals surface area contributed by atoms with Crippen LogP contribution in [0.2, 0.25) is 0 Å². The molecule has 1 aliphatic carbocycles. The van der Waals surface area contributed by atoms with Gasteiger partial charge < -0.3 is 10.6 Å². The van der Waals surface area contributed by atoms with Crippen molar-refractivity contribution in [2.45, 2.75) is 36.3 Å². The largest absolute Gasteiger partial charge is 0.357 e. The molecule has 0 aromatic heterocycles. The molecule has 1 fully saturated rings. The summed E-state index contributed by atoms with van der Waals surface area (Å²) in [6.45, 7) is 5.56. The van der Waals surface area contributed by atoms with Gasteiger partial charge in [-0.1, -0.05) is 25.1 Å². The number of benzene rings is 1. The van der Waals surface area contributed by atoms with Crippen LogP contribution in [0.1, 0.15) is 26.7 Å². The van der Waals surface area contributed by atoms with Gasteiger partial charge >= 0.3 is 0 Å². The molecule has 142 valence electrons. The van der Waals surface area contributed by atoms with Gasteiger partial charge in [0, 0.05) is 28.5 Å². The van der Waals surface area contributed by atoms with Crippen molar-refractivity contribution in [3.05, 3.63) is 30.3 Å². The average Bonchev–Trinajstić information content (AvgIpc) is 3.33. The number of guanidine groups is 1. The van der Waals surface area contributed by atoms with Gasteiger partial charge in [0.25, 0.3) is 0 Å². The maximum Gasteiger partial charge on any atom is 0.191 e. The third-order valence-corrected chi connectivity index (χ3v) is 7.08. The zero-order valence-electron chi connectivity index (χ0n) is 14.8. The number of rotatable bonds is 9. The molecule has 2 N–H and O–H groups in total. The summed E-state index contributed by atoms with van der Waals surface area (Å²) < 4.78 is 23.3. The second-order valence-electron chi connectivity index (χ2n) is 5.96. The maximum atomic E-state index is 11.6. The van der Waals surface area contributed by atoms with Crippen molar-refractivity contribution in [2.75, 3.05) is 31.1 Å². The lowest BCUT2D eigenvalue weighted by molar-refractivity contribution is 0.595. The molecule has 1 aromatic carbocycles. The van der Waals surface area contributed by atoms with Gasteiger partial charge in [0.2, 0.25) is 0 Å². The summed E-state index contributed by atoms with van der Waals surface area (Å²) in [4.78, 5) is 5.94. The first kappa shape index (κ1) is 22.6. The van der Waals surface area contributed by atoms with Crippen molar-refractivity contribution in [3.63, 3.8) is 0 Å². The molecular formula is C17H28IN3O2S2. The van der Waals surface area contributed by atoms with Crippen LogP contribution in [0.5, 0.6) is 0 Å². The maximum absolute atomic E-state index is 11.6. The summed E-state index contributed by atoms with van der Waals surface area (Å²) in [6.07, 6.45) is 2.33. The van der Waals surface area contributed by atoms with Gasteiger partial charge in [-0.15, -0.1) is 35.7 Å². The van der Waals surface area contributed by atoms with Crippen LogP contribution in [-0.2, 0) is 9.84 Å². The van der Waals surface area contributed by atoms with Gasteiger partial charge in [-0.2, -0.15) is 0 Å². The number of nitrogens with zero attached hydrogens (tertiary/aromatic N) is 1. The van der Waals surface area contributed by atoms with E-state index in [0.717, 1.165) is 13.1 Å². The van der Waals surface area contributed by atoms with Crippen molar-refractivity contribution in [3.8, 4) is 0 Å². The zero-order valence-corrected chi connectivity index (χ0v) is 18.8. The minimum atomic E-state index is -2.95. The van der Waals surface area contributed by atoms with E-state index in [1.54, 1.807) is 6.92 Å². The zero-order chi connectivity index (χ0) is 17.5. The quantitative estimate of drug-likeness (QED) is 0.312. The smallest absolute Gasteiger partial charge is 0.191 e. The van der Waals surface area contributed by atoms with Crippen LogP contribution in [0, 0.1) is 0 Å². The topological polar surface area (TPSA) is 70.6 Å².